The number of carboxylic acid groups (broad SMARTS) is 1. The third-order valence-corrected chi connectivity index (χ3v) is 9.72. The van der Waals surface area contributed by atoms with Crippen LogP contribution in [-0.2, 0) is 25.2 Å². The third-order valence-electron chi connectivity index (χ3n) is 5.25. The van der Waals surface area contributed by atoms with Gasteiger partial charge in [0.1, 0.15) is 0 Å². The molecule has 2 atom stereocenters. The maximum atomic E-state index is 12.1. The minimum Gasteiger partial charge on any atom is -0.481 e. The molecule has 1 rings (SSSR count). The molecular formula is C22H34O5Si. The number of carboxylic acids is 1. The van der Waals surface area contributed by atoms with Crippen molar-refractivity contribution in [3.05, 3.63) is 48.0 Å². The van der Waals surface area contributed by atoms with Crippen molar-refractivity contribution < 1.29 is 23.9 Å². The summed E-state index contributed by atoms with van der Waals surface area (Å²) in [7, 11) is -2.24. The van der Waals surface area contributed by atoms with Crippen LogP contribution in [0.2, 0.25) is 18.1 Å². The molecule has 1 aromatic rings. The SMILES string of the molecule is CCOC(=O)C=C[C@@H](O[Si](C)(C)C(C)(C)C)[C@H](CCc1ccccc1)C(=O)O. The van der Waals surface area contributed by atoms with Crippen molar-refractivity contribution in [3.8, 4) is 0 Å². The fraction of sp³-hybridized carbons (Fsp3) is 0.545. The van der Waals surface area contributed by atoms with Crippen molar-refractivity contribution in [1.29, 1.82) is 0 Å². The van der Waals surface area contributed by atoms with Crippen molar-refractivity contribution in [1.82, 2.24) is 0 Å². The molecule has 0 saturated carbocycles. The van der Waals surface area contributed by atoms with E-state index < -0.39 is 32.3 Å². The molecular weight excluding hydrogens is 372 g/mol. The lowest BCUT2D eigenvalue weighted by Gasteiger charge is -2.40. The van der Waals surface area contributed by atoms with E-state index >= 15 is 0 Å². The highest BCUT2D eigenvalue weighted by molar-refractivity contribution is 6.74. The van der Waals surface area contributed by atoms with E-state index in [2.05, 4.69) is 33.9 Å². The second kappa shape index (κ2) is 10.6. The van der Waals surface area contributed by atoms with Gasteiger partial charge in [0.05, 0.1) is 18.6 Å². The number of aliphatic carboxylic acids is 1. The van der Waals surface area contributed by atoms with Crippen LogP contribution in [0.1, 0.15) is 39.7 Å². The molecule has 1 aromatic carbocycles. The first-order valence-electron chi connectivity index (χ1n) is 9.77. The number of carbonyl (C=O) groups excluding carboxylic acids is 1. The van der Waals surface area contributed by atoms with Gasteiger partial charge in [-0.3, -0.25) is 4.79 Å². The van der Waals surface area contributed by atoms with E-state index in [1.807, 2.05) is 30.3 Å². The molecule has 0 saturated heterocycles. The Morgan fingerprint density at radius 3 is 2.29 bits per heavy atom. The number of esters is 1. The maximum Gasteiger partial charge on any atom is 0.330 e. The van der Waals surface area contributed by atoms with E-state index in [0.717, 1.165) is 5.56 Å². The third kappa shape index (κ3) is 7.60. The van der Waals surface area contributed by atoms with Crippen LogP contribution < -0.4 is 0 Å². The quantitative estimate of drug-likeness (QED) is 0.342. The topological polar surface area (TPSA) is 72.8 Å². The van der Waals surface area contributed by atoms with E-state index in [0.29, 0.717) is 12.8 Å². The normalized spacial score (nSPS) is 14.6. The van der Waals surface area contributed by atoms with E-state index in [1.54, 1.807) is 13.0 Å². The molecule has 0 spiro atoms. The molecule has 0 radical (unpaired) electrons. The van der Waals surface area contributed by atoms with E-state index in [9.17, 15) is 14.7 Å². The largest absolute Gasteiger partial charge is 0.481 e. The van der Waals surface area contributed by atoms with Gasteiger partial charge in [-0.05, 0) is 49.5 Å². The Balaban J connectivity index is 3.08. The van der Waals surface area contributed by atoms with Crippen LogP contribution in [0.5, 0.6) is 0 Å². The molecule has 0 aliphatic rings. The standard InChI is InChI=1S/C22H34O5Si/c1-7-26-20(23)16-15-19(27-28(5,6)22(2,3)4)18(21(24)25)14-13-17-11-9-8-10-12-17/h8-12,15-16,18-19H,7,13-14H2,1-6H3,(H,24,25)/t18-,19+/m0/s1. The van der Waals surface area contributed by atoms with Gasteiger partial charge in [-0.25, -0.2) is 4.79 Å². The molecule has 6 heteroatoms. The van der Waals surface area contributed by atoms with Crippen molar-refractivity contribution in [2.45, 2.75) is 64.8 Å². The summed E-state index contributed by atoms with van der Waals surface area (Å²) in [6.45, 7) is 12.5. The number of ether oxygens (including phenoxy) is 1. The van der Waals surface area contributed by atoms with Crippen LogP contribution in [-0.4, -0.2) is 38.1 Å². The van der Waals surface area contributed by atoms with Gasteiger partial charge in [0.15, 0.2) is 8.32 Å². The molecule has 5 nitrogen and oxygen atoms in total. The summed E-state index contributed by atoms with van der Waals surface area (Å²) in [6.07, 6.45) is 3.21. The lowest BCUT2D eigenvalue weighted by Crippen LogP contribution is -2.46. The molecule has 28 heavy (non-hydrogen) atoms. The Morgan fingerprint density at radius 2 is 1.79 bits per heavy atom. The van der Waals surface area contributed by atoms with Crippen LogP contribution in [0.15, 0.2) is 42.5 Å². The zero-order chi connectivity index (χ0) is 21.4. The second-order valence-corrected chi connectivity index (χ2v) is 13.2. The Kier molecular flexibility index (Phi) is 9.11. The minimum absolute atomic E-state index is 0.0779. The number of carbonyl (C=O) groups is 2. The maximum absolute atomic E-state index is 12.1. The zero-order valence-corrected chi connectivity index (χ0v) is 18.9. The molecule has 0 heterocycles. The van der Waals surface area contributed by atoms with Gasteiger partial charge in [0, 0.05) is 6.08 Å². The summed E-state index contributed by atoms with van der Waals surface area (Å²) in [4.78, 5) is 23.8. The molecule has 0 bridgehead atoms. The first-order chi connectivity index (χ1) is 13.0. The number of hydrogen-bond acceptors (Lipinski definition) is 4. The lowest BCUT2D eigenvalue weighted by atomic mass is 9.94. The summed E-state index contributed by atoms with van der Waals surface area (Å²) >= 11 is 0. The number of benzene rings is 1. The van der Waals surface area contributed by atoms with Crippen molar-refractivity contribution in [2.24, 2.45) is 5.92 Å². The van der Waals surface area contributed by atoms with Crippen molar-refractivity contribution in [2.75, 3.05) is 6.61 Å². The number of aryl methyl sites for hydroxylation is 1. The molecule has 0 fully saturated rings. The molecule has 0 aromatic heterocycles. The van der Waals surface area contributed by atoms with Crippen molar-refractivity contribution in [3.63, 3.8) is 0 Å². The zero-order valence-electron chi connectivity index (χ0n) is 17.9. The summed E-state index contributed by atoms with van der Waals surface area (Å²) in [6, 6.07) is 9.78. The Labute approximate surface area is 169 Å². The van der Waals surface area contributed by atoms with E-state index in [1.165, 1.54) is 6.08 Å². The van der Waals surface area contributed by atoms with Crippen molar-refractivity contribution >= 4 is 20.3 Å². The Morgan fingerprint density at radius 1 is 1.18 bits per heavy atom. The van der Waals surface area contributed by atoms with Crippen LogP contribution in [0.3, 0.4) is 0 Å². The highest BCUT2D eigenvalue weighted by atomic mass is 28.4. The van der Waals surface area contributed by atoms with E-state index in [4.69, 9.17) is 9.16 Å². The molecule has 0 aliphatic carbocycles. The van der Waals surface area contributed by atoms with Gasteiger partial charge >= 0.3 is 11.9 Å². The molecule has 1 N–H and O–H groups in total. The Hall–Kier alpha value is -1.92. The summed E-state index contributed by atoms with van der Waals surface area (Å²) in [5.74, 6) is -2.16. The van der Waals surface area contributed by atoms with Gasteiger partial charge in [-0.1, -0.05) is 51.1 Å². The van der Waals surface area contributed by atoms with Crippen LogP contribution in [0.25, 0.3) is 0 Å². The smallest absolute Gasteiger partial charge is 0.330 e. The first kappa shape index (κ1) is 24.1. The molecule has 0 unspecified atom stereocenters. The minimum atomic E-state index is -2.24. The number of hydrogen-bond donors (Lipinski definition) is 1. The van der Waals surface area contributed by atoms with Gasteiger partial charge in [-0.15, -0.1) is 0 Å². The van der Waals surface area contributed by atoms with Crippen LogP contribution in [0, 0.1) is 5.92 Å². The highest BCUT2D eigenvalue weighted by Crippen LogP contribution is 2.38. The predicted octanol–water partition coefficient (Wildman–Crippen LogP) is 4.83. The summed E-state index contributed by atoms with van der Waals surface area (Å²) in [5.41, 5.74) is 1.08. The Bertz CT molecular complexity index is 661. The van der Waals surface area contributed by atoms with Crippen LogP contribution >= 0.6 is 0 Å². The highest BCUT2D eigenvalue weighted by Gasteiger charge is 2.41. The van der Waals surface area contributed by atoms with Gasteiger partial charge < -0.3 is 14.3 Å². The molecule has 156 valence electrons. The fourth-order valence-electron chi connectivity index (χ4n) is 2.53. The van der Waals surface area contributed by atoms with E-state index in [-0.39, 0.29) is 11.6 Å². The average molecular weight is 407 g/mol. The summed E-state index contributed by atoms with van der Waals surface area (Å²) < 4.78 is 11.3. The van der Waals surface area contributed by atoms with Crippen LogP contribution in [0.4, 0.5) is 0 Å². The van der Waals surface area contributed by atoms with Gasteiger partial charge in [-0.2, -0.15) is 0 Å². The molecule has 0 amide bonds. The second-order valence-electron chi connectivity index (χ2n) is 8.42. The number of rotatable bonds is 10. The molecule has 0 aliphatic heterocycles. The monoisotopic (exact) mass is 406 g/mol. The predicted molar refractivity (Wildman–Crippen MR) is 114 cm³/mol. The first-order valence-corrected chi connectivity index (χ1v) is 12.7. The van der Waals surface area contributed by atoms with Gasteiger partial charge in [0.2, 0.25) is 0 Å². The van der Waals surface area contributed by atoms with Gasteiger partial charge in [0.25, 0.3) is 0 Å². The summed E-state index contributed by atoms with van der Waals surface area (Å²) in [5, 5.41) is 9.80. The lowest BCUT2D eigenvalue weighted by molar-refractivity contribution is -0.145. The average Bonchev–Trinajstić information content (AvgIpc) is 2.59. The fourth-order valence-corrected chi connectivity index (χ4v) is 3.81.